The molecule has 0 bridgehead atoms. The first-order valence-corrected chi connectivity index (χ1v) is 8.24. The number of nitrogens with one attached hydrogen (secondary N) is 1. The number of hydrogen-bond acceptors (Lipinski definition) is 4. The van der Waals surface area contributed by atoms with Gasteiger partial charge in [0.25, 0.3) is 10.2 Å². The average Bonchev–Trinajstić information content (AvgIpc) is 2.38. The normalized spacial score (nSPS) is 22.9. The Morgan fingerprint density at radius 3 is 2.60 bits per heavy atom. The van der Waals surface area contributed by atoms with E-state index in [9.17, 15) is 13.2 Å². The molecule has 0 radical (unpaired) electrons. The van der Waals surface area contributed by atoms with Crippen LogP contribution in [-0.4, -0.2) is 56.1 Å². The van der Waals surface area contributed by atoms with Gasteiger partial charge in [0.2, 0.25) is 0 Å². The molecular formula is C12H24N2O5S. The van der Waals surface area contributed by atoms with Gasteiger partial charge in [-0.2, -0.15) is 17.4 Å². The van der Waals surface area contributed by atoms with E-state index in [0.717, 1.165) is 10.7 Å². The topological polar surface area (TPSA) is 95.9 Å². The van der Waals surface area contributed by atoms with E-state index in [-0.39, 0.29) is 25.1 Å². The number of rotatable bonds is 7. The molecule has 0 aromatic heterocycles. The third kappa shape index (κ3) is 4.41. The summed E-state index contributed by atoms with van der Waals surface area (Å²) in [7, 11) is -2.32. The van der Waals surface area contributed by atoms with E-state index in [2.05, 4.69) is 4.72 Å². The summed E-state index contributed by atoms with van der Waals surface area (Å²) in [5.41, 5.74) is 0. The lowest BCUT2D eigenvalue weighted by molar-refractivity contribution is -0.142. The molecule has 1 heterocycles. The average molecular weight is 308 g/mol. The van der Waals surface area contributed by atoms with Crippen molar-refractivity contribution in [2.45, 2.75) is 45.2 Å². The van der Waals surface area contributed by atoms with Gasteiger partial charge >= 0.3 is 5.97 Å². The SMILES string of the molecule is COCC(NS(=O)(=O)N1CCCCC1C(=O)O)C(C)C. The summed E-state index contributed by atoms with van der Waals surface area (Å²) >= 11 is 0. The third-order valence-electron chi connectivity index (χ3n) is 3.50. The molecule has 1 saturated heterocycles. The minimum Gasteiger partial charge on any atom is -0.480 e. The van der Waals surface area contributed by atoms with E-state index >= 15 is 0 Å². The van der Waals surface area contributed by atoms with Crippen LogP contribution in [-0.2, 0) is 19.7 Å². The van der Waals surface area contributed by atoms with Crippen LogP contribution in [0, 0.1) is 5.92 Å². The van der Waals surface area contributed by atoms with Crippen LogP contribution in [0.15, 0.2) is 0 Å². The number of ether oxygens (including phenoxy) is 1. The van der Waals surface area contributed by atoms with Gasteiger partial charge in [-0.1, -0.05) is 13.8 Å². The lowest BCUT2D eigenvalue weighted by Crippen LogP contribution is -2.55. The summed E-state index contributed by atoms with van der Waals surface area (Å²) < 4.78 is 33.4. The third-order valence-corrected chi connectivity index (χ3v) is 5.15. The van der Waals surface area contributed by atoms with Gasteiger partial charge in [0, 0.05) is 19.7 Å². The van der Waals surface area contributed by atoms with E-state index in [1.165, 1.54) is 7.11 Å². The predicted molar refractivity (Wildman–Crippen MR) is 74.5 cm³/mol. The van der Waals surface area contributed by atoms with Gasteiger partial charge < -0.3 is 9.84 Å². The van der Waals surface area contributed by atoms with Gasteiger partial charge in [-0.3, -0.25) is 4.79 Å². The standard InChI is InChI=1S/C12H24N2O5S/c1-9(2)10(8-19-3)13-20(17,18)14-7-5-4-6-11(14)12(15)16/h9-11,13H,4-8H2,1-3H3,(H,15,16). The van der Waals surface area contributed by atoms with E-state index < -0.39 is 22.2 Å². The van der Waals surface area contributed by atoms with Crippen molar-refractivity contribution in [1.29, 1.82) is 0 Å². The Balaban J connectivity index is 2.87. The summed E-state index contributed by atoms with van der Waals surface area (Å²) in [5.74, 6) is -1.04. The number of carboxylic acid groups (broad SMARTS) is 1. The molecule has 8 heteroatoms. The number of hydrogen-bond donors (Lipinski definition) is 2. The van der Waals surface area contributed by atoms with E-state index in [1.54, 1.807) is 0 Å². The highest BCUT2D eigenvalue weighted by molar-refractivity contribution is 7.87. The quantitative estimate of drug-likeness (QED) is 0.711. The van der Waals surface area contributed by atoms with Crippen LogP contribution in [0.4, 0.5) is 0 Å². The number of nitrogens with zero attached hydrogens (tertiary/aromatic N) is 1. The lowest BCUT2D eigenvalue weighted by Gasteiger charge is -2.33. The van der Waals surface area contributed by atoms with Gasteiger partial charge in [0.15, 0.2) is 0 Å². The monoisotopic (exact) mass is 308 g/mol. The Morgan fingerprint density at radius 2 is 2.10 bits per heavy atom. The molecule has 0 spiro atoms. The second-order valence-corrected chi connectivity index (χ2v) is 7.04. The van der Waals surface area contributed by atoms with Crippen molar-refractivity contribution >= 4 is 16.2 Å². The number of carboxylic acids is 1. The van der Waals surface area contributed by atoms with Crippen LogP contribution in [0.3, 0.4) is 0 Å². The molecular weight excluding hydrogens is 284 g/mol. The van der Waals surface area contributed by atoms with Crippen LogP contribution in [0.25, 0.3) is 0 Å². The first-order valence-electron chi connectivity index (χ1n) is 6.80. The molecule has 20 heavy (non-hydrogen) atoms. The molecule has 118 valence electrons. The van der Waals surface area contributed by atoms with Gasteiger partial charge in [0.05, 0.1) is 6.61 Å². The van der Waals surface area contributed by atoms with Crippen molar-refractivity contribution in [3.05, 3.63) is 0 Å². The highest BCUT2D eigenvalue weighted by Gasteiger charge is 2.37. The largest absolute Gasteiger partial charge is 0.480 e. The Labute approximate surface area is 120 Å². The summed E-state index contributed by atoms with van der Waals surface area (Å²) in [5, 5.41) is 9.16. The van der Waals surface area contributed by atoms with E-state index in [1.807, 2.05) is 13.8 Å². The second-order valence-electron chi connectivity index (χ2n) is 5.39. The number of methoxy groups -OCH3 is 1. The molecule has 1 rings (SSSR count). The molecule has 2 unspecified atom stereocenters. The van der Waals surface area contributed by atoms with Crippen LogP contribution in [0.1, 0.15) is 33.1 Å². The van der Waals surface area contributed by atoms with Crippen molar-refractivity contribution in [3.8, 4) is 0 Å². The molecule has 1 fully saturated rings. The molecule has 0 saturated carbocycles. The van der Waals surface area contributed by atoms with Crippen molar-refractivity contribution in [1.82, 2.24) is 9.03 Å². The van der Waals surface area contributed by atoms with Crippen LogP contribution < -0.4 is 4.72 Å². The molecule has 0 aromatic rings. The summed E-state index contributed by atoms with van der Waals surface area (Å²) in [6, 6.07) is -1.35. The van der Waals surface area contributed by atoms with E-state index in [0.29, 0.717) is 12.8 Å². The maximum Gasteiger partial charge on any atom is 0.322 e. The molecule has 2 N–H and O–H groups in total. The fourth-order valence-corrected chi connectivity index (χ4v) is 4.00. The molecule has 2 atom stereocenters. The second kappa shape index (κ2) is 7.35. The summed E-state index contributed by atoms with van der Waals surface area (Å²) in [6.07, 6.45) is 1.77. The Morgan fingerprint density at radius 1 is 1.45 bits per heavy atom. The minimum atomic E-state index is -3.82. The van der Waals surface area contributed by atoms with E-state index in [4.69, 9.17) is 9.84 Å². The lowest BCUT2D eigenvalue weighted by atomic mass is 10.1. The number of piperidine rings is 1. The summed E-state index contributed by atoms with van der Waals surface area (Å²) in [6.45, 7) is 4.26. The highest BCUT2D eigenvalue weighted by atomic mass is 32.2. The highest BCUT2D eigenvalue weighted by Crippen LogP contribution is 2.20. The van der Waals surface area contributed by atoms with Crippen molar-refractivity contribution in [2.75, 3.05) is 20.3 Å². The molecule has 0 aromatic carbocycles. The molecule has 1 aliphatic heterocycles. The van der Waals surface area contributed by atoms with Crippen molar-refractivity contribution < 1.29 is 23.1 Å². The maximum atomic E-state index is 12.4. The maximum absolute atomic E-state index is 12.4. The van der Waals surface area contributed by atoms with Crippen molar-refractivity contribution in [2.24, 2.45) is 5.92 Å². The van der Waals surface area contributed by atoms with Gasteiger partial charge in [-0.05, 0) is 25.2 Å². The minimum absolute atomic E-state index is 0.0535. The summed E-state index contributed by atoms with van der Waals surface area (Å²) in [4.78, 5) is 11.2. The first kappa shape index (κ1) is 17.4. The molecule has 7 nitrogen and oxygen atoms in total. The van der Waals surface area contributed by atoms with Crippen LogP contribution in [0.5, 0.6) is 0 Å². The first-order chi connectivity index (χ1) is 9.29. The molecule has 1 aliphatic rings. The predicted octanol–water partition coefficient (Wildman–Crippen LogP) is 0.431. The van der Waals surface area contributed by atoms with Gasteiger partial charge in [-0.25, -0.2) is 0 Å². The zero-order valence-electron chi connectivity index (χ0n) is 12.2. The zero-order valence-corrected chi connectivity index (χ0v) is 13.0. The van der Waals surface area contributed by atoms with Crippen molar-refractivity contribution in [3.63, 3.8) is 0 Å². The fourth-order valence-electron chi connectivity index (χ4n) is 2.24. The Bertz CT molecular complexity index is 424. The number of carbonyl (C=O) groups is 1. The Kier molecular flexibility index (Phi) is 6.38. The van der Waals surface area contributed by atoms with Crippen LogP contribution >= 0.6 is 0 Å². The zero-order chi connectivity index (χ0) is 15.3. The molecule has 0 aliphatic carbocycles. The van der Waals surface area contributed by atoms with Gasteiger partial charge in [0.1, 0.15) is 6.04 Å². The molecule has 0 amide bonds. The fraction of sp³-hybridized carbons (Fsp3) is 0.917. The van der Waals surface area contributed by atoms with Gasteiger partial charge in [-0.15, -0.1) is 0 Å². The van der Waals surface area contributed by atoms with Crippen LogP contribution in [0.2, 0.25) is 0 Å². The Hall–Kier alpha value is -0.700. The smallest absolute Gasteiger partial charge is 0.322 e. The number of aliphatic carboxylic acids is 1.